The molecule has 3 aromatic rings. The molecule has 1 N–H and O–H groups in total. The summed E-state index contributed by atoms with van der Waals surface area (Å²) in [5, 5.41) is 3.88. The van der Waals surface area contributed by atoms with Crippen LogP contribution in [0.1, 0.15) is 21.6 Å². The number of anilines is 1. The van der Waals surface area contributed by atoms with Crippen LogP contribution in [-0.2, 0) is 0 Å². The first kappa shape index (κ1) is 16.8. The van der Waals surface area contributed by atoms with Gasteiger partial charge in [-0.15, -0.1) is 0 Å². The lowest BCUT2D eigenvalue weighted by molar-refractivity contribution is 0.102. The third-order valence-electron chi connectivity index (χ3n) is 4.21. The fourth-order valence-electron chi connectivity index (χ4n) is 2.96. The quantitative estimate of drug-likeness (QED) is 0.778. The van der Waals surface area contributed by atoms with Gasteiger partial charge in [0, 0.05) is 11.5 Å². The lowest BCUT2D eigenvalue weighted by Crippen LogP contribution is -2.16. The van der Waals surface area contributed by atoms with Gasteiger partial charge in [-0.2, -0.15) is 0 Å². The number of amides is 1. The monoisotopic (exact) mass is 336 g/mol. The Morgan fingerprint density at radius 3 is 2.52 bits per heavy atom. The van der Waals surface area contributed by atoms with E-state index in [-0.39, 0.29) is 5.91 Å². The first-order valence-electron chi connectivity index (χ1n) is 7.94. The van der Waals surface area contributed by atoms with E-state index >= 15 is 0 Å². The van der Waals surface area contributed by atoms with Gasteiger partial charge in [-0.05, 0) is 37.6 Å². The summed E-state index contributed by atoms with van der Waals surface area (Å²) in [6.45, 7) is 3.78. The van der Waals surface area contributed by atoms with Crippen molar-refractivity contribution in [1.29, 1.82) is 0 Å². The van der Waals surface area contributed by atoms with Crippen molar-refractivity contribution in [1.82, 2.24) is 4.98 Å². The zero-order valence-electron chi connectivity index (χ0n) is 14.7. The fraction of sp³-hybridized carbons (Fsp3) is 0.200. The highest BCUT2D eigenvalue weighted by molar-refractivity contribution is 6.09. The highest BCUT2D eigenvalue weighted by Gasteiger charge is 2.18. The summed E-state index contributed by atoms with van der Waals surface area (Å²) >= 11 is 0. The van der Waals surface area contributed by atoms with E-state index in [2.05, 4.69) is 10.3 Å². The smallest absolute Gasteiger partial charge is 0.257 e. The molecule has 25 heavy (non-hydrogen) atoms. The number of rotatable bonds is 4. The molecule has 0 aliphatic heterocycles. The van der Waals surface area contributed by atoms with E-state index in [4.69, 9.17) is 9.47 Å². The number of para-hydroxylation sites is 1. The molecule has 3 rings (SSSR count). The molecule has 0 bridgehead atoms. The summed E-state index contributed by atoms with van der Waals surface area (Å²) in [5.74, 6) is 0.985. The van der Waals surface area contributed by atoms with E-state index in [0.29, 0.717) is 28.4 Å². The second kappa shape index (κ2) is 6.81. The summed E-state index contributed by atoms with van der Waals surface area (Å²) in [6.07, 6.45) is 0. The number of aryl methyl sites for hydroxylation is 2. The zero-order valence-corrected chi connectivity index (χ0v) is 14.7. The summed E-state index contributed by atoms with van der Waals surface area (Å²) in [4.78, 5) is 17.5. The molecule has 128 valence electrons. The third kappa shape index (κ3) is 3.13. The van der Waals surface area contributed by atoms with E-state index in [1.807, 2.05) is 38.1 Å². The molecule has 0 saturated heterocycles. The predicted octanol–water partition coefficient (Wildman–Crippen LogP) is 4.12. The van der Waals surface area contributed by atoms with Gasteiger partial charge in [0.15, 0.2) is 0 Å². The van der Waals surface area contributed by atoms with Crippen LogP contribution in [0.25, 0.3) is 10.9 Å². The average molecular weight is 336 g/mol. The molecule has 5 nitrogen and oxygen atoms in total. The second-order valence-electron chi connectivity index (χ2n) is 5.73. The first-order valence-corrected chi connectivity index (χ1v) is 7.94. The van der Waals surface area contributed by atoms with Crippen molar-refractivity contribution in [3.05, 3.63) is 59.3 Å². The molecule has 5 heteroatoms. The van der Waals surface area contributed by atoms with Crippen molar-refractivity contribution < 1.29 is 14.3 Å². The summed E-state index contributed by atoms with van der Waals surface area (Å²) in [5.41, 5.74) is 3.61. The van der Waals surface area contributed by atoms with E-state index in [0.717, 1.165) is 16.5 Å². The second-order valence-corrected chi connectivity index (χ2v) is 5.73. The van der Waals surface area contributed by atoms with Crippen LogP contribution in [0.3, 0.4) is 0 Å². The number of benzene rings is 2. The SMILES string of the molecule is COc1ccc(OC)c(NC(=O)c2c(C)nc3ccccc3c2C)c1. The number of carbonyl (C=O) groups excluding carboxylic acids is 1. The van der Waals surface area contributed by atoms with Gasteiger partial charge in [0.1, 0.15) is 11.5 Å². The van der Waals surface area contributed by atoms with Crippen LogP contribution in [0.5, 0.6) is 11.5 Å². The van der Waals surface area contributed by atoms with Crippen molar-refractivity contribution in [3.63, 3.8) is 0 Å². The minimum atomic E-state index is -0.222. The van der Waals surface area contributed by atoms with Gasteiger partial charge in [-0.3, -0.25) is 9.78 Å². The zero-order chi connectivity index (χ0) is 18.0. The van der Waals surface area contributed by atoms with Gasteiger partial charge in [-0.25, -0.2) is 0 Å². The average Bonchev–Trinajstić information content (AvgIpc) is 2.61. The highest BCUT2D eigenvalue weighted by atomic mass is 16.5. The summed E-state index contributed by atoms with van der Waals surface area (Å²) < 4.78 is 10.6. The van der Waals surface area contributed by atoms with Crippen LogP contribution in [0, 0.1) is 13.8 Å². The number of methoxy groups -OCH3 is 2. The Hall–Kier alpha value is -3.08. The lowest BCUT2D eigenvalue weighted by atomic mass is 10.0. The van der Waals surface area contributed by atoms with E-state index < -0.39 is 0 Å². The standard InChI is InChI=1S/C20H20N2O3/c1-12-15-7-5-6-8-16(15)21-13(2)19(12)20(23)22-17-11-14(24-3)9-10-18(17)25-4/h5-11H,1-4H3,(H,22,23). The van der Waals surface area contributed by atoms with Crippen molar-refractivity contribution in [3.8, 4) is 11.5 Å². The number of ether oxygens (including phenoxy) is 2. The molecule has 0 radical (unpaired) electrons. The topological polar surface area (TPSA) is 60.5 Å². The molecule has 0 aliphatic rings. The van der Waals surface area contributed by atoms with Crippen molar-refractivity contribution in [2.75, 3.05) is 19.5 Å². The number of fused-ring (bicyclic) bond motifs is 1. The van der Waals surface area contributed by atoms with Gasteiger partial charge in [0.25, 0.3) is 5.91 Å². The van der Waals surface area contributed by atoms with Crippen LogP contribution in [-0.4, -0.2) is 25.1 Å². The molecule has 0 aliphatic carbocycles. The first-order chi connectivity index (χ1) is 12.0. The van der Waals surface area contributed by atoms with Gasteiger partial charge in [0.2, 0.25) is 0 Å². The minimum absolute atomic E-state index is 0.222. The van der Waals surface area contributed by atoms with Crippen LogP contribution in [0.15, 0.2) is 42.5 Å². The summed E-state index contributed by atoms with van der Waals surface area (Å²) in [6, 6.07) is 13.1. The van der Waals surface area contributed by atoms with Crippen molar-refractivity contribution >= 4 is 22.5 Å². The Kier molecular flexibility index (Phi) is 4.57. The van der Waals surface area contributed by atoms with E-state index in [9.17, 15) is 4.79 Å². The number of hydrogen-bond acceptors (Lipinski definition) is 4. The third-order valence-corrected chi connectivity index (χ3v) is 4.21. The van der Waals surface area contributed by atoms with Crippen molar-refractivity contribution in [2.24, 2.45) is 0 Å². The maximum Gasteiger partial charge on any atom is 0.257 e. The summed E-state index contributed by atoms with van der Waals surface area (Å²) in [7, 11) is 3.14. The number of hydrogen-bond donors (Lipinski definition) is 1. The number of pyridine rings is 1. The van der Waals surface area contributed by atoms with Gasteiger partial charge < -0.3 is 14.8 Å². The largest absolute Gasteiger partial charge is 0.497 e. The van der Waals surface area contributed by atoms with Crippen molar-refractivity contribution in [2.45, 2.75) is 13.8 Å². The Morgan fingerprint density at radius 2 is 1.80 bits per heavy atom. The Labute approximate surface area is 146 Å². The number of carbonyl (C=O) groups is 1. The fourth-order valence-corrected chi connectivity index (χ4v) is 2.96. The number of nitrogens with zero attached hydrogens (tertiary/aromatic N) is 1. The maximum absolute atomic E-state index is 12.9. The number of aromatic nitrogens is 1. The van der Waals surface area contributed by atoms with Gasteiger partial charge >= 0.3 is 0 Å². The Morgan fingerprint density at radius 1 is 1.04 bits per heavy atom. The van der Waals surface area contributed by atoms with Gasteiger partial charge in [0.05, 0.1) is 36.7 Å². The normalized spacial score (nSPS) is 10.6. The van der Waals surface area contributed by atoms with Crippen LogP contribution in [0.2, 0.25) is 0 Å². The molecule has 0 saturated carbocycles. The van der Waals surface area contributed by atoms with E-state index in [1.165, 1.54) is 0 Å². The highest BCUT2D eigenvalue weighted by Crippen LogP contribution is 2.30. The van der Waals surface area contributed by atoms with Crippen LogP contribution in [0.4, 0.5) is 5.69 Å². The van der Waals surface area contributed by atoms with Crippen LogP contribution < -0.4 is 14.8 Å². The molecule has 1 amide bonds. The molecular weight excluding hydrogens is 316 g/mol. The lowest BCUT2D eigenvalue weighted by Gasteiger charge is -2.15. The molecule has 0 unspecified atom stereocenters. The van der Waals surface area contributed by atoms with Crippen LogP contribution >= 0.6 is 0 Å². The number of nitrogens with one attached hydrogen (secondary N) is 1. The molecule has 2 aromatic carbocycles. The molecular formula is C20H20N2O3. The Bertz CT molecular complexity index is 951. The molecule has 0 atom stereocenters. The molecule has 0 fully saturated rings. The predicted molar refractivity (Wildman–Crippen MR) is 98.7 cm³/mol. The van der Waals surface area contributed by atoms with E-state index in [1.54, 1.807) is 32.4 Å². The molecule has 1 aromatic heterocycles. The maximum atomic E-state index is 12.9. The molecule has 0 spiro atoms. The Balaban J connectivity index is 2.04. The van der Waals surface area contributed by atoms with Gasteiger partial charge in [-0.1, -0.05) is 18.2 Å². The minimum Gasteiger partial charge on any atom is -0.497 e. The molecule has 1 heterocycles.